The van der Waals surface area contributed by atoms with Crippen molar-refractivity contribution in [2.24, 2.45) is 4.99 Å². The highest BCUT2D eigenvalue weighted by Crippen LogP contribution is 2.35. The van der Waals surface area contributed by atoms with Crippen LogP contribution in [-0.2, 0) is 11.3 Å². The number of methoxy groups -OCH3 is 1. The lowest BCUT2D eigenvalue weighted by molar-refractivity contribution is -0.274. The van der Waals surface area contributed by atoms with E-state index in [0.29, 0.717) is 33.7 Å². The Morgan fingerprint density at radius 3 is 2.35 bits per heavy atom. The third kappa shape index (κ3) is 6.97. The van der Waals surface area contributed by atoms with E-state index < -0.39 is 12.4 Å². The number of hydrogen-bond acceptors (Lipinski definition) is 7. The Labute approximate surface area is 248 Å². The average Bonchev–Trinajstić information content (AvgIpc) is 3.59. The molecule has 222 valence electrons. The summed E-state index contributed by atoms with van der Waals surface area (Å²) >= 11 is 1.20. The van der Waals surface area contributed by atoms with Gasteiger partial charge in [0.25, 0.3) is 0 Å². The zero-order chi connectivity index (χ0) is 30.7. The van der Waals surface area contributed by atoms with Crippen molar-refractivity contribution in [3.8, 4) is 28.6 Å². The topological polar surface area (TPSA) is 111 Å². The first-order valence-corrected chi connectivity index (χ1v) is 13.8. The zero-order valence-corrected chi connectivity index (χ0v) is 24.0. The van der Waals surface area contributed by atoms with Crippen molar-refractivity contribution in [2.75, 3.05) is 17.8 Å². The number of aryl methyl sites for hydroxylation is 2. The Morgan fingerprint density at radius 1 is 1.05 bits per heavy atom. The number of alkyl halides is 3. The molecule has 0 radical (unpaired) electrons. The molecule has 0 bridgehead atoms. The molecular formula is C29H25F3N6O4S. The molecule has 5 rings (SSSR count). The second kappa shape index (κ2) is 12.2. The lowest BCUT2D eigenvalue weighted by Gasteiger charge is -2.21. The lowest BCUT2D eigenvalue weighted by atomic mass is 10.1. The summed E-state index contributed by atoms with van der Waals surface area (Å²) in [6, 6.07) is 15.5. The number of ether oxygens (including phenoxy) is 2. The van der Waals surface area contributed by atoms with Crippen LogP contribution in [0.15, 0.2) is 72.0 Å². The fraction of sp³-hybridized carbons (Fsp3) is 0.207. The number of amidine groups is 1. The highest BCUT2D eigenvalue weighted by atomic mass is 32.2. The molecule has 1 aromatic heterocycles. The lowest BCUT2D eigenvalue weighted by Crippen LogP contribution is -2.32. The maximum Gasteiger partial charge on any atom is 0.573 e. The Kier molecular flexibility index (Phi) is 8.39. The van der Waals surface area contributed by atoms with Crippen molar-refractivity contribution in [3.05, 3.63) is 83.7 Å². The molecule has 10 nitrogen and oxygen atoms in total. The van der Waals surface area contributed by atoms with Gasteiger partial charge in [-0.05, 0) is 66.9 Å². The van der Waals surface area contributed by atoms with Crippen LogP contribution in [0.4, 0.5) is 23.7 Å². The quantitative estimate of drug-likeness (QED) is 0.281. The summed E-state index contributed by atoms with van der Waals surface area (Å²) in [5.74, 6) is 0.773. The molecule has 1 N–H and O–H groups in total. The molecule has 0 aliphatic carbocycles. The number of aromatic nitrogens is 3. The molecule has 0 atom stereocenters. The maximum atomic E-state index is 12.7. The SMILES string of the molecule is COc1cc(C)c(N2C(=O)CSC2=NC(=O)NCc2ccc(-c3ncn(-c4ccc(OC(F)(F)F)cc4)n3)cc2)c(C)c1. The van der Waals surface area contributed by atoms with Gasteiger partial charge in [-0.3, -0.25) is 9.69 Å². The van der Waals surface area contributed by atoms with Crippen LogP contribution >= 0.6 is 11.8 Å². The van der Waals surface area contributed by atoms with Gasteiger partial charge in [0, 0.05) is 12.1 Å². The number of halogens is 3. The van der Waals surface area contributed by atoms with Crippen molar-refractivity contribution in [3.63, 3.8) is 0 Å². The minimum Gasteiger partial charge on any atom is -0.497 e. The molecule has 3 amide bonds. The largest absolute Gasteiger partial charge is 0.573 e. The highest BCUT2D eigenvalue weighted by Gasteiger charge is 2.33. The normalized spacial score (nSPS) is 14.3. The Balaban J connectivity index is 1.22. The third-order valence-corrected chi connectivity index (χ3v) is 7.29. The highest BCUT2D eigenvalue weighted by molar-refractivity contribution is 8.15. The Hall–Kier alpha value is -4.85. The van der Waals surface area contributed by atoms with Gasteiger partial charge in [-0.1, -0.05) is 36.0 Å². The maximum absolute atomic E-state index is 12.7. The number of urea groups is 1. The van der Waals surface area contributed by atoms with E-state index in [1.807, 2.05) is 26.0 Å². The van der Waals surface area contributed by atoms with E-state index in [4.69, 9.17) is 4.74 Å². The van der Waals surface area contributed by atoms with Gasteiger partial charge < -0.3 is 14.8 Å². The van der Waals surface area contributed by atoms with Gasteiger partial charge in [-0.2, -0.15) is 4.99 Å². The van der Waals surface area contributed by atoms with Gasteiger partial charge in [-0.15, -0.1) is 18.3 Å². The molecule has 0 spiro atoms. The van der Waals surface area contributed by atoms with E-state index in [2.05, 4.69) is 25.1 Å². The van der Waals surface area contributed by atoms with E-state index in [-0.39, 0.29) is 24.0 Å². The van der Waals surface area contributed by atoms with Gasteiger partial charge in [0.05, 0.1) is 24.2 Å². The first-order chi connectivity index (χ1) is 20.5. The Bertz CT molecular complexity index is 1660. The molecule has 1 saturated heterocycles. The van der Waals surface area contributed by atoms with Crippen LogP contribution in [0.25, 0.3) is 17.1 Å². The van der Waals surface area contributed by atoms with Gasteiger partial charge in [-0.25, -0.2) is 14.5 Å². The van der Waals surface area contributed by atoms with Crippen molar-refractivity contribution >= 4 is 34.6 Å². The summed E-state index contributed by atoms with van der Waals surface area (Å²) in [7, 11) is 1.58. The molecule has 43 heavy (non-hydrogen) atoms. The number of rotatable bonds is 7. The predicted octanol–water partition coefficient (Wildman–Crippen LogP) is 5.80. The summed E-state index contributed by atoms with van der Waals surface area (Å²) in [5, 5.41) is 7.44. The van der Waals surface area contributed by atoms with E-state index in [0.717, 1.165) is 16.7 Å². The number of hydrogen-bond donors (Lipinski definition) is 1. The van der Waals surface area contributed by atoms with Gasteiger partial charge in [0.2, 0.25) is 5.91 Å². The van der Waals surface area contributed by atoms with Crippen LogP contribution in [0.3, 0.4) is 0 Å². The monoisotopic (exact) mass is 610 g/mol. The molecule has 0 saturated carbocycles. The van der Waals surface area contributed by atoms with E-state index in [1.165, 1.54) is 51.9 Å². The summed E-state index contributed by atoms with van der Waals surface area (Å²) in [6.45, 7) is 3.94. The first-order valence-electron chi connectivity index (χ1n) is 12.9. The molecule has 0 unspecified atom stereocenters. The molecule has 1 aliphatic rings. The molecule has 2 heterocycles. The van der Waals surface area contributed by atoms with Crippen LogP contribution in [-0.4, -0.2) is 51.1 Å². The smallest absolute Gasteiger partial charge is 0.497 e. The molecule has 14 heteroatoms. The Morgan fingerprint density at radius 2 is 1.72 bits per heavy atom. The molecule has 1 fully saturated rings. The summed E-state index contributed by atoms with van der Waals surface area (Å²) < 4.78 is 47.8. The molecular weight excluding hydrogens is 585 g/mol. The van der Waals surface area contributed by atoms with Gasteiger partial charge >= 0.3 is 12.4 Å². The average molecular weight is 611 g/mol. The second-order valence-electron chi connectivity index (χ2n) is 9.43. The summed E-state index contributed by atoms with van der Waals surface area (Å²) in [4.78, 5) is 35.3. The summed E-state index contributed by atoms with van der Waals surface area (Å²) in [6.07, 6.45) is -3.32. The number of thioether (sulfide) groups is 1. The van der Waals surface area contributed by atoms with Crippen LogP contribution in [0, 0.1) is 13.8 Å². The number of nitrogens with one attached hydrogen (secondary N) is 1. The first kappa shape index (κ1) is 29.6. The minimum atomic E-state index is -4.77. The van der Waals surface area contributed by atoms with Gasteiger partial charge in [0.15, 0.2) is 11.0 Å². The number of nitrogens with zero attached hydrogens (tertiary/aromatic N) is 5. The second-order valence-corrected chi connectivity index (χ2v) is 10.4. The number of benzene rings is 3. The number of aliphatic imine (C=N–C) groups is 1. The number of anilines is 1. The fourth-order valence-electron chi connectivity index (χ4n) is 4.45. The van der Waals surface area contributed by atoms with Crippen molar-refractivity contribution in [2.45, 2.75) is 26.8 Å². The van der Waals surface area contributed by atoms with Gasteiger partial charge in [0.1, 0.15) is 17.8 Å². The number of carbonyl (C=O) groups is 2. The van der Waals surface area contributed by atoms with E-state index in [1.54, 1.807) is 31.4 Å². The zero-order valence-electron chi connectivity index (χ0n) is 23.2. The summed E-state index contributed by atoms with van der Waals surface area (Å²) in [5.41, 5.74) is 4.34. The van der Waals surface area contributed by atoms with Crippen LogP contribution in [0.2, 0.25) is 0 Å². The fourth-order valence-corrected chi connectivity index (χ4v) is 5.30. The minimum absolute atomic E-state index is 0.160. The third-order valence-electron chi connectivity index (χ3n) is 6.37. The number of amides is 3. The molecule has 4 aromatic rings. The van der Waals surface area contributed by atoms with E-state index in [9.17, 15) is 22.8 Å². The van der Waals surface area contributed by atoms with Crippen LogP contribution < -0.4 is 19.7 Å². The van der Waals surface area contributed by atoms with Crippen molar-refractivity contribution in [1.82, 2.24) is 20.1 Å². The predicted molar refractivity (Wildman–Crippen MR) is 156 cm³/mol. The standard InChI is InChI=1S/C29H25F3N6O4S/c1-17-12-23(41-3)13-18(2)25(17)38-24(39)15-43-28(38)35-27(40)33-14-19-4-6-20(7-5-19)26-34-16-37(36-26)21-8-10-22(11-9-21)42-29(30,31)32/h4-13,16H,14-15H2,1-3H3,(H,33,40). The molecule has 1 aliphatic heterocycles. The number of carbonyl (C=O) groups excluding carboxylic acids is 2. The molecule has 3 aromatic carbocycles. The van der Waals surface area contributed by atoms with Crippen LogP contribution in [0.1, 0.15) is 16.7 Å². The van der Waals surface area contributed by atoms with Crippen LogP contribution in [0.5, 0.6) is 11.5 Å². The van der Waals surface area contributed by atoms with E-state index >= 15 is 0 Å². The van der Waals surface area contributed by atoms with Crippen molar-refractivity contribution < 1.29 is 32.2 Å². The van der Waals surface area contributed by atoms with Crippen molar-refractivity contribution in [1.29, 1.82) is 0 Å².